The molecule has 0 unspecified atom stereocenters. The third kappa shape index (κ3) is 4.07. The van der Waals surface area contributed by atoms with E-state index in [0.29, 0.717) is 6.54 Å². The van der Waals surface area contributed by atoms with Crippen molar-refractivity contribution in [3.8, 4) is 0 Å². The molecule has 5 nitrogen and oxygen atoms in total. The molecule has 1 saturated heterocycles. The third-order valence-corrected chi connectivity index (χ3v) is 7.39. The van der Waals surface area contributed by atoms with Gasteiger partial charge in [0.2, 0.25) is 10.0 Å². The van der Waals surface area contributed by atoms with Gasteiger partial charge in [0.05, 0.1) is 16.0 Å². The fourth-order valence-electron chi connectivity index (χ4n) is 3.49. The molecule has 1 saturated carbocycles. The van der Waals surface area contributed by atoms with Gasteiger partial charge in [-0.05, 0) is 39.2 Å². The highest BCUT2D eigenvalue weighted by molar-refractivity contribution is 7.90. The summed E-state index contributed by atoms with van der Waals surface area (Å²) in [5, 5.41) is 2.87. The Balaban J connectivity index is 1.59. The van der Waals surface area contributed by atoms with Gasteiger partial charge < -0.3 is 0 Å². The second-order valence-corrected chi connectivity index (χ2v) is 9.56. The Morgan fingerprint density at radius 3 is 2.77 bits per heavy atom. The Hall–Kier alpha value is -0.500. The molecule has 3 rings (SSSR count). The van der Waals surface area contributed by atoms with Crippen LogP contribution >= 0.6 is 11.3 Å². The summed E-state index contributed by atoms with van der Waals surface area (Å²) >= 11 is 1.65. The van der Waals surface area contributed by atoms with E-state index in [1.54, 1.807) is 11.3 Å². The van der Waals surface area contributed by atoms with Crippen LogP contribution in [0.2, 0.25) is 0 Å². The molecule has 2 heterocycles. The molecule has 0 radical (unpaired) electrons. The molecule has 124 valence electrons. The molecule has 2 aliphatic rings. The van der Waals surface area contributed by atoms with Crippen molar-refractivity contribution in [2.75, 3.05) is 13.1 Å². The largest absolute Gasteiger partial charge is 0.296 e. The number of thiazole rings is 1. The van der Waals surface area contributed by atoms with Crippen molar-refractivity contribution in [2.24, 2.45) is 0 Å². The summed E-state index contributed by atoms with van der Waals surface area (Å²) in [6, 6.07) is 0.168. The lowest BCUT2D eigenvalue weighted by molar-refractivity contribution is 0.219. The number of aryl methyl sites for hydroxylation is 1. The van der Waals surface area contributed by atoms with Crippen LogP contribution in [0.5, 0.6) is 0 Å². The standard InChI is InChI=1S/C15H25N3O2S2/c1-12-16-14(11-21-12)9-18-8-4-7-15(10-18)22(19,20)17-13-5-2-3-6-13/h11,13,15,17H,2-10H2,1H3/t15-/m1/s1. The summed E-state index contributed by atoms with van der Waals surface area (Å²) in [4.78, 5) is 6.72. The molecule has 2 fully saturated rings. The van der Waals surface area contributed by atoms with Gasteiger partial charge in [-0.25, -0.2) is 18.1 Å². The molecule has 1 aromatic rings. The third-order valence-electron chi connectivity index (χ3n) is 4.64. The summed E-state index contributed by atoms with van der Waals surface area (Å²) in [7, 11) is -3.20. The molecule has 1 aromatic heterocycles. The minimum absolute atomic E-state index is 0.168. The lowest BCUT2D eigenvalue weighted by Gasteiger charge is -2.32. The predicted octanol–water partition coefficient (Wildman–Crippen LogP) is 2.28. The quantitative estimate of drug-likeness (QED) is 0.891. The molecule has 0 amide bonds. The van der Waals surface area contributed by atoms with E-state index in [2.05, 4.69) is 20.0 Å². The van der Waals surface area contributed by atoms with Gasteiger partial charge in [-0.2, -0.15) is 0 Å². The van der Waals surface area contributed by atoms with Gasteiger partial charge in [-0.15, -0.1) is 11.3 Å². The van der Waals surface area contributed by atoms with E-state index in [1.165, 1.54) is 0 Å². The second-order valence-electron chi connectivity index (χ2n) is 6.50. The SMILES string of the molecule is Cc1nc(CN2CCC[C@@H](S(=O)(=O)NC3CCCC3)C2)cs1. The van der Waals surface area contributed by atoms with Crippen LogP contribution in [0.15, 0.2) is 5.38 Å². The van der Waals surface area contributed by atoms with Crippen LogP contribution in [0.4, 0.5) is 0 Å². The highest BCUT2D eigenvalue weighted by Crippen LogP contribution is 2.23. The minimum atomic E-state index is -3.20. The fraction of sp³-hybridized carbons (Fsp3) is 0.800. The molecule has 0 aromatic carbocycles. The van der Waals surface area contributed by atoms with Crippen LogP contribution in [0.1, 0.15) is 49.2 Å². The molecule has 22 heavy (non-hydrogen) atoms. The lowest BCUT2D eigenvalue weighted by atomic mass is 10.1. The van der Waals surface area contributed by atoms with Crippen LogP contribution in [0.3, 0.4) is 0 Å². The Labute approximate surface area is 137 Å². The van der Waals surface area contributed by atoms with Crippen molar-refractivity contribution >= 4 is 21.4 Å². The van der Waals surface area contributed by atoms with Crippen molar-refractivity contribution in [3.05, 3.63) is 16.1 Å². The summed E-state index contributed by atoms with van der Waals surface area (Å²) in [5.41, 5.74) is 1.06. The monoisotopic (exact) mass is 343 g/mol. The lowest BCUT2D eigenvalue weighted by Crippen LogP contribution is -2.48. The van der Waals surface area contributed by atoms with E-state index in [9.17, 15) is 8.42 Å². The molecular weight excluding hydrogens is 318 g/mol. The smallest absolute Gasteiger partial charge is 0.215 e. The van der Waals surface area contributed by atoms with Gasteiger partial charge in [0, 0.05) is 24.5 Å². The van der Waals surface area contributed by atoms with Crippen LogP contribution in [-0.2, 0) is 16.6 Å². The van der Waals surface area contributed by atoms with Crippen molar-refractivity contribution in [1.29, 1.82) is 0 Å². The average molecular weight is 344 g/mol. The highest BCUT2D eigenvalue weighted by Gasteiger charge is 2.33. The van der Waals surface area contributed by atoms with E-state index in [4.69, 9.17) is 0 Å². The maximum absolute atomic E-state index is 12.6. The number of sulfonamides is 1. The van der Waals surface area contributed by atoms with Gasteiger partial charge in [0.15, 0.2) is 0 Å². The summed E-state index contributed by atoms with van der Waals surface area (Å²) in [5.74, 6) is 0. The first-order valence-electron chi connectivity index (χ1n) is 8.17. The van der Waals surface area contributed by atoms with Crippen molar-refractivity contribution in [2.45, 2.75) is 63.3 Å². The minimum Gasteiger partial charge on any atom is -0.296 e. The molecule has 1 atom stereocenters. The number of hydrogen-bond acceptors (Lipinski definition) is 5. The number of nitrogens with zero attached hydrogens (tertiary/aromatic N) is 2. The van der Waals surface area contributed by atoms with Crippen molar-refractivity contribution in [3.63, 3.8) is 0 Å². The van der Waals surface area contributed by atoms with Gasteiger partial charge in [-0.1, -0.05) is 12.8 Å². The molecule has 1 aliphatic heterocycles. The van der Waals surface area contributed by atoms with Crippen molar-refractivity contribution < 1.29 is 8.42 Å². The molecule has 1 aliphatic carbocycles. The Kier molecular flexibility index (Phi) is 5.17. The van der Waals surface area contributed by atoms with E-state index in [0.717, 1.165) is 62.3 Å². The molecule has 1 N–H and O–H groups in total. The number of aromatic nitrogens is 1. The van der Waals surface area contributed by atoms with Crippen LogP contribution in [0.25, 0.3) is 0 Å². The zero-order chi connectivity index (χ0) is 15.6. The second kappa shape index (κ2) is 6.95. The molecule has 0 bridgehead atoms. The summed E-state index contributed by atoms with van der Waals surface area (Å²) < 4.78 is 28.1. The van der Waals surface area contributed by atoms with Gasteiger partial charge in [-0.3, -0.25) is 4.90 Å². The maximum Gasteiger partial charge on any atom is 0.215 e. The first-order chi connectivity index (χ1) is 10.5. The summed E-state index contributed by atoms with van der Waals surface area (Å²) in [6.45, 7) is 4.35. The van der Waals surface area contributed by atoms with E-state index in [-0.39, 0.29) is 11.3 Å². The number of nitrogens with one attached hydrogen (secondary N) is 1. The van der Waals surface area contributed by atoms with Crippen LogP contribution in [-0.4, -0.2) is 42.7 Å². The van der Waals surface area contributed by atoms with Crippen LogP contribution < -0.4 is 4.72 Å². The number of piperidine rings is 1. The molecule has 0 spiro atoms. The van der Waals surface area contributed by atoms with Crippen LogP contribution in [0, 0.1) is 6.92 Å². The number of hydrogen-bond donors (Lipinski definition) is 1. The topological polar surface area (TPSA) is 62.3 Å². The zero-order valence-electron chi connectivity index (χ0n) is 13.1. The maximum atomic E-state index is 12.6. The Morgan fingerprint density at radius 1 is 1.32 bits per heavy atom. The number of rotatable bonds is 5. The zero-order valence-corrected chi connectivity index (χ0v) is 14.8. The normalized spacial score (nSPS) is 24.9. The van der Waals surface area contributed by atoms with E-state index in [1.807, 2.05) is 6.92 Å². The first-order valence-corrected chi connectivity index (χ1v) is 10.6. The fourth-order valence-corrected chi connectivity index (χ4v) is 5.87. The van der Waals surface area contributed by atoms with E-state index >= 15 is 0 Å². The highest BCUT2D eigenvalue weighted by atomic mass is 32.2. The first kappa shape index (κ1) is 16.4. The van der Waals surface area contributed by atoms with Crippen molar-refractivity contribution in [1.82, 2.24) is 14.6 Å². The molecular formula is C15H25N3O2S2. The molecule has 7 heteroatoms. The van der Waals surface area contributed by atoms with Gasteiger partial charge in [0.1, 0.15) is 0 Å². The Bertz CT molecular complexity index is 594. The Morgan fingerprint density at radius 2 is 2.09 bits per heavy atom. The van der Waals surface area contributed by atoms with Gasteiger partial charge >= 0.3 is 0 Å². The summed E-state index contributed by atoms with van der Waals surface area (Å²) in [6.07, 6.45) is 6.00. The number of likely N-dealkylation sites (tertiary alicyclic amines) is 1. The van der Waals surface area contributed by atoms with Gasteiger partial charge in [0.25, 0.3) is 0 Å². The van der Waals surface area contributed by atoms with E-state index < -0.39 is 10.0 Å². The predicted molar refractivity (Wildman–Crippen MR) is 89.5 cm³/mol. The average Bonchev–Trinajstić information content (AvgIpc) is 3.11.